The molecule has 3 rings (SSSR count). The van der Waals surface area contributed by atoms with Gasteiger partial charge in [-0.2, -0.15) is 0 Å². The van der Waals surface area contributed by atoms with Crippen molar-refractivity contribution >= 4 is 17.8 Å². The van der Waals surface area contributed by atoms with E-state index < -0.39 is 11.6 Å². The van der Waals surface area contributed by atoms with E-state index in [0.29, 0.717) is 11.6 Å². The summed E-state index contributed by atoms with van der Waals surface area (Å²) in [4.78, 5) is 8.37. The van der Waals surface area contributed by atoms with Crippen LogP contribution in [0.5, 0.6) is 0 Å². The summed E-state index contributed by atoms with van der Waals surface area (Å²) in [6, 6.07) is 7.18. The first kappa shape index (κ1) is 13.1. The van der Waals surface area contributed by atoms with Crippen LogP contribution < -0.4 is 0 Å². The lowest BCUT2D eigenvalue weighted by Gasteiger charge is -2.35. The van der Waals surface area contributed by atoms with E-state index in [9.17, 15) is 5.11 Å². The van der Waals surface area contributed by atoms with Gasteiger partial charge >= 0.3 is 0 Å². The van der Waals surface area contributed by atoms with Gasteiger partial charge in [-0.15, -0.1) is 0 Å². The van der Waals surface area contributed by atoms with Gasteiger partial charge in [0.2, 0.25) is 0 Å². The lowest BCUT2D eigenvalue weighted by Crippen LogP contribution is -2.40. The van der Waals surface area contributed by atoms with Crippen LogP contribution in [0.2, 0.25) is 5.02 Å². The Hall–Kier alpha value is -1.91. The second-order valence-electron chi connectivity index (χ2n) is 4.71. The lowest BCUT2D eigenvalue weighted by molar-refractivity contribution is 0.106. The third kappa shape index (κ3) is 2.17. The Labute approximate surface area is 122 Å². The van der Waals surface area contributed by atoms with Crippen molar-refractivity contribution in [3.63, 3.8) is 0 Å². The number of nitrogens with zero attached hydrogens (tertiary/aromatic N) is 3. The molecule has 20 heavy (non-hydrogen) atoms. The van der Waals surface area contributed by atoms with Crippen LogP contribution in [0.25, 0.3) is 0 Å². The number of halogens is 1. The van der Waals surface area contributed by atoms with Crippen molar-refractivity contribution in [2.75, 3.05) is 6.54 Å². The molecule has 0 bridgehead atoms. The van der Waals surface area contributed by atoms with E-state index in [4.69, 9.17) is 11.6 Å². The second-order valence-corrected chi connectivity index (χ2v) is 5.14. The van der Waals surface area contributed by atoms with Gasteiger partial charge < -0.3 is 9.67 Å². The highest BCUT2D eigenvalue weighted by Gasteiger charge is 2.37. The number of aliphatic imine (C=N–C) groups is 1. The number of imidazole rings is 1. The van der Waals surface area contributed by atoms with Crippen LogP contribution in [0.4, 0.5) is 0 Å². The molecule has 0 amide bonds. The van der Waals surface area contributed by atoms with Gasteiger partial charge in [-0.25, -0.2) is 4.98 Å². The third-order valence-electron chi connectivity index (χ3n) is 3.47. The fraction of sp³-hybridized carbons (Fsp3) is 0.200. The Morgan fingerprint density at radius 1 is 1.30 bits per heavy atom. The fourth-order valence-electron chi connectivity index (χ4n) is 2.40. The first-order chi connectivity index (χ1) is 9.72. The maximum Gasteiger partial charge on any atom is 0.129 e. The maximum atomic E-state index is 10.8. The molecule has 0 saturated heterocycles. The Kier molecular flexibility index (Phi) is 3.42. The number of rotatable bonds is 3. The molecule has 1 N–H and O–H groups in total. The molecule has 2 heterocycles. The Balaban J connectivity index is 2.06. The summed E-state index contributed by atoms with van der Waals surface area (Å²) in [7, 11) is 0. The number of hydrogen-bond acceptors (Lipinski definition) is 3. The van der Waals surface area contributed by atoms with Crippen LogP contribution >= 0.6 is 11.6 Å². The van der Waals surface area contributed by atoms with Gasteiger partial charge in [-0.1, -0.05) is 35.9 Å². The highest BCUT2D eigenvalue weighted by Crippen LogP contribution is 2.34. The predicted octanol–water partition coefficient (Wildman–Crippen LogP) is 2.61. The van der Waals surface area contributed by atoms with E-state index in [1.54, 1.807) is 30.9 Å². The normalized spacial score (nSPS) is 22.9. The van der Waals surface area contributed by atoms with Crippen LogP contribution in [-0.4, -0.2) is 27.4 Å². The minimum Gasteiger partial charge on any atom is -0.385 e. The molecule has 1 aromatic heterocycles. The minimum absolute atomic E-state index is 0.629. The quantitative estimate of drug-likeness (QED) is 0.882. The van der Waals surface area contributed by atoms with Crippen molar-refractivity contribution in [1.82, 2.24) is 9.55 Å². The van der Waals surface area contributed by atoms with Crippen LogP contribution in [0.1, 0.15) is 11.7 Å². The van der Waals surface area contributed by atoms with E-state index >= 15 is 0 Å². The van der Waals surface area contributed by atoms with Crippen LogP contribution in [0, 0.1) is 0 Å². The zero-order valence-corrected chi connectivity index (χ0v) is 11.5. The van der Waals surface area contributed by atoms with Gasteiger partial charge in [-0.3, -0.25) is 4.99 Å². The van der Waals surface area contributed by atoms with Gasteiger partial charge in [0.25, 0.3) is 0 Å². The average Bonchev–Trinajstić information content (AvgIpc) is 3.03. The summed E-state index contributed by atoms with van der Waals surface area (Å²) in [5, 5.41) is 11.5. The number of aromatic nitrogens is 2. The Morgan fingerprint density at radius 3 is 2.70 bits per heavy atom. The largest absolute Gasteiger partial charge is 0.385 e. The SMILES string of the molecule is OC(c1ccc(Cl)cc1)C1(n2ccnc2)C=CCN=C1. The van der Waals surface area contributed by atoms with Crippen molar-refractivity contribution in [2.45, 2.75) is 11.6 Å². The third-order valence-corrected chi connectivity index (χ3v) is 3.72. The van der Waals surface area contributed by atoms with E-state index in [-0.39, 0.29) is 0 Å². The lowest BCUT2D eigenvalue weighted by atomic mass is 9.86. The van der Waals surface area contributed by atoms with Gasteiger partial charge in [0.15, 0.2) is 0 Å². The monoisotopic (exact) mass is 287 g/mol. The van der Waals surface area contributed by atoms with Gasteiger partial charge in [0.05, 0.1) is 12.9 Å². The number of aliphatic hydroxyl groups excluding tert-OH is 1. The molecule has 102 valence electrons. The molecule has 2 atom stereocenters. The van der Waals surface area contributed by atoms with E-state index in [1.807, 2.05) is 35.0 Å². The Morgan fingerprint density at radius 2 is 2.10 bits per heavy atom. The molecule has 0 spiro atoms. The molecule has 1 aliphatic rings. The van der Waals surface area contributed by atoms with Gasteiger partial charge in [0, 0.05) is 23.6 Å². The highest BCUT2D eigenvalue weighted by molar-refractivity contribution is 6.30. The molecule has 1 aromatic carbocycles. The van der Waals surface area contributed by atoms with Crippen LogP contribution in [-0.2, 0) is 5.54 Å². The second kappa shape index (κ2) is 5.23. The standard InChI is InChI=1S/C15H14ClN3O/c16-13-4-2-12(3-5-13)14(20)15(6-1-7-17-10-15)19-9-8-18-11-19/h1-6,8-11,14,20H,7H2. The predicted molar refractivity (Wildman–Crippen MR) is 79.1 cm³/mol. The van der Waals surface area contributed by atoms with Gasteiger partial charge in [-0.05, 0) is 17.7 Å². The van der Waals surface area contributed by atoms with Crippen molar-refractivity contribution < 1.29 is 5.11 Å². The minimum atomic E-state index is -0.769. The number of dihydropyridines is 1. The molecule has 5 heteroatoms. The molecule has 0 saturated carbocycles. The zero-order valence-electron chi connectivity index (χ0n) is 10.7. The molecule has 4 nitrogen and oxygen atoms in total. The van der Waals surface area contributed by atoms with Crippen molar-refractivity contribution in [3.05, 3.63) is 65.7 Å². The topological polar surface area (TPSA) is 50.4 Å². The fourth-order valence-corrected chi connectivity index (χ4v) is 2.53. The van der Waals surface area contributed by atoms with E-state index in [0.717, 1.165) is 5.56 Å². The average molecular weight is 288 g/mol. The first-order valence-corrected chi connectivity index (χ1v) is 6.71. The number of benzene rings is 1. The van der Waals surface area contributed by atoms with E-state index in [2.05, 4.69) is 9.98 Å². The summed E-state index contributed by atoms with van der Waals surface area (Å²) in [5.41, 5.74) is 0.0314. The maximum absolute atomic E-state index is 10.8. The smallest absolute Gasteiger partial charge is 0.129 e. The summed E-state index contributed by atoms with van der Waals surface area (Å²) in [6.07, 6.45) is 10.1. The first-order valence-electron chi connectivity index (χ1n) is 6.33. The summed E-state index contributed by atoms with van der Waals surface area (Å²) >= 11 is 5.90. The number of aliphatic hydroxyl groups is 1. The van der Waals surface area contributed by atoms with Crippen molar-refractivity contribution in [2.24, 2.45) is 4.99 Å². The number of hydrogen-bond donors (Lipinski definition) is 1. The Bertz CT molecular complexity index is 620. The van der Waals surface area contributed by atoms with E-state index in [1.165, 1.54) is 0 Å². The molecule has 0 radical (unpaired) electrons. The summed E-state index contributed by atoms with van der Waals surface area (Å²) in [6.45, 7) is 0.629. The molecule has 1 aliphatic heterocycles. The summed E-state index contributed by atoms with van der Waals surface area (Å²) in [5.74, 6) is 0. The van der Waals surface area contributed by atoms with Gasteiger partial charge in [0.1, 0.15) is 11.6 Å². The molecule has 2 unspecified atom stereocenters. The summed E-state index contributed by atoms with van der Waals surface area (Å²) < 4.78 is 1.85. The van der Waals surface area contributed by atoms with Crippen molar-refractivity contribution in [3.8, 4) is 0 Å². The zero-order chi connectivity index (χ0) is 14.0. The molecule has 2 aromatic rings. The molecular formula is C15H14ClN3O. The molecule has 0 aliphatic carbocycles. The van der Waals surface area contributed by atoms with Crippen LogP contribution in [0.3, 0.4) is 0 Å². The van der Waals surface area contributed by atoms with Crippen molar-refractivity contribution in [1.29, 1.82) is 0 Å². The molecular weight excluding hydrogens is 274 g/mol. The van der Waals surface area contributed by atoms with Crippen LogP contribution in [0.15, 0.2) is 60.1 Å². The molecule has 0 fully saturated rings. The highest BCUT2D eigenvalue weighted by atomic mass is 35.5.